The molecule has 0 aliphatic carbocycles. The molecule has 0 bridgehead atoms. The fourth-order valence-corrected chi connectivity index (χ4v) is 2.37. The lowest BCUT2D eigenvalue weighted by Crippen LogP contribution is -2.35. The largest absolute Gasteiger partial charge is 0.490 e. The Labute approximate surface area is 123 Å². The molecule has 0 aromatic heterocycles. The number of Topliss-reactive ketones (excluding diaryl/α,β-unsaturated/α-hetero) is 1. The first-order chi connectivity index (χ1) is 10.0. The zero-order chi connectivity index (χ0) is 15.4. The van der Waals surface area contributed by atoms with Crippen molar-refractivity contribution < 1.29 is 14.5 Å². The third-order valence-corrected chi connectivity index (χ3v) is 3.59. The lowest BCUT2D eigenvalue weighted by Gasteiger charge is -2.26. The molecule has 0 spiro atoms. The number of likely N-dealkylation sites (N-methyl/N-ethyl adjacent to an activating group) is 1. The highest BCUT2D eigenvalue weighted by atomic mass is 16.6. The number of carbonyl (C=O) groups is 1. The van der Waals surface area contributed by atoms with Crippen molar-refractivity contribution in [1.82, 2.24) is 4.90 Å². The highest BCUT2D eigenvalue weighted by Crippen LogP contribution is 2.28. The maximum absolute atomic E-state index is 11.9. The van der Waals surface area contributed by atoms with E-state index in [4.69, 9.17) is 4.74 Å². The van der Waals surface area contributed by atoms with E-state index in [9.17, 15) is 14.9 Å². The van der Waals surface area contributed by atoms with Crippen LogP contribution in [0, 0.1) is 10.1 Å². The van der Waals surface area contributed by atoms with E-state index in [1.807, 2.05) is 6.92 Å². The Morgan fingerprint density at radius 2 is 2.24 bits per heavy atom. The highest BCUT2D eigenvalue weighted by Gasteiger charge is 2.21. The number of nitrogens with zero attached hydrogens (tertiary/aromatic N) is 2. The summed E-state index contributed by atoms with van der Waals surface area (Å²) in [6.07, 6.45) is 2.23. The zero-order valence-electron chi connectivity index (χ0n) is 12.2. The summed E-state index contributed by atoms with van der Waals surface area (Å²) >= 11 is 0. The Bertz CT molecular complexity index is 595. The number of hydrogen-bond donors (Lipinski definition) is 0. The molecule has 0 N–H and O–H groups in total. The molecule has 0 saturated carbocycles. The van der Waals surface area contributed by atoms with E-state index in [1.54, 1.807) is 18.2 Å². The molecule has 1 aromatic carbocycles. The van der Waals surface area contributed by atoms with Gasteiger partial charge < -0.3 is 4.74 Å². The van der Waals surface area contributed by atoms with Gasteiger partial charge in [-0.15, -0.1) is 0 Å². The average molecular weight is 290 g/mol. The molecule has 2 rings (SSSR count). The van der Waals surface area contributed by atoms with Gasteiger partial charge in [0, 0.05) is 31.1 Å². The fourth-order valence-electron chi connectivity index (χ4n) is 2.37. The summed E-state index contributed by atoms with van der Waals surface area (Å²) in [5.74, 6) is 0.325. The second kappa shape index (κ2) is 6.49. The van der Waals surface area contributed by atoms with Crippen LogP contribution in [0.4, 0.5) is 5.69 Å². The van der Waals surface area contributed by atoms with E-state index in [0.29, 0.717) is 24.1 Å². The summed E-state index contributed by atoms with van der Waals surface area (Å²) < 4.78 is 4.97. The lowest BCUT2D eigenvalue weighted by atomic mass is 10.00. The molecule has 1 aliphatic heterocycles. The van der Waals surface area contributed by atoms with Crippen molar-refractivity contribution in [3.05, 3.63) is 39.4 Å². The first-order valence-corrected chi connectivity index (χ1v) is 6.83. The number of ether oxygens (including phenoxy) is 1. The van der Waals surface area contributed by atoms with Crippen molar-refractivity contribution in [2.24, 2.45) is 0 Å². The Balaban J connectivity index is 2.33. The number of nitro benzene ring substituents is 1. The first-order valence-electron chi connectivity index (χ1n) is 6.83. The first kappa shape index (κ1) is 15.2. The summed E-state index contributed by atoms with van der Waals surface area (Å²) in [6, 6.07) is 4.70. The van der Waals surface area contributed by atoms with E-state index in [0.717, 1.165) is 13.1 Å². The monoisotopic (exact) mass is 290 g/mol. The number of benzene rings is 1. The normalized spacial score (nSPS) is 18.0. The Hall–Kier alpha value is -2.21. The number of hydrogen-bond acceptors (Lipinski definition) is 5. The third kappa shape index (κ3) is 3.46. The molecular weight excluding hydrogens is 272 g/mol. The van der Waals surface area contributed by atoms with Crippen LogP contribution in [-0.2, 0) is 4.79 Å². The van der Waals surface area contributed by atoms with Crippen molar-refractivity contribution >= 4 is 17.5 Å². The lowest BCUT2D eigenvalue weighted by molar-refractivity contribution is -0.385. The van der Waals surface area contributed by atoms with Crippen LogP contribution in [0.25, 0.3) is 6.08 Å². The van der Waals surface area contributed by atoms with Gasteiger partial charge in [0.25, 0.3) is 0 Å². The van der Waals surface area contributed by atoms with E-state index in [2.05, 4.69) is 4.90 Å². The van der Waals surface area contributed by atoms with Crippen LogP contribution >= 0.6 is 0 Å². The van der Waals surface area contributed by atoms with Gasteiger partial charge in [0.1, 0.15) is 0 Å². The molecule has 21 heavy (non-hydrogen) atoms. The molecule has 1 heterocycles. The number of nitro groups is 1. The van der Waals surface area contributed by atoms with Gasteiger partial charge in [-0.3, -0.25) is 19.8 Å². The van der Waals surface area contributed by atoms with E-state index < -0.39 is 4.92 Å². The summed E-state index contributed by atoms with van der Waals surface area (Å²) in [7, 11) is 1.39. The van der Waals surface area contributed by atoms with Crippen LogP contribution in [0.15, 0.2) is 23.8 Å². The van der Waals surface area contributed by atoms with Crippen LogP contribution < -0.4 is 4.74 Å². The van der Waals surface area contributed by atoms with Crippen LogP contribution in [0.3, 0.4) is 0 Å². The molecule has 1 saturated heterocycles. The van der Waals surface area contributed by atoms with Gasteiger partial charge in [0.05, 0.1) is 12.0 Å². The molecule has 1 aromatic rings. The second-order valence-electron chi connectivity index (χ2n) is 4.90. The number of carbonyl (C=O) groups excluding carboxylic acids is 1. The quantitative estimate of drug-likeness (QED) is 0.483. The van der Waals surface area contributed by atoms with Crippen LogP contribution in [0.1, 0.15) is 18.9 Å². The summed E-state index contributed by atoms with van der Waals surface area (Å²) in [4.78, 5) is 24.7. The van der Waals surface area contributed by atoms with Gasteiger partial charge >= 0.3 is 5.69 Å². The minimum Gasteiger partial charge on any atom is -0.490 e. The van der Waals surface area contributed by atoms with E-state index in [-0.39, 0.29) is 17.2 Å². The standard InChI is InChI=1S/C15H18N2O4/c1-3-16-7-6-14(18)12(10-16)8-11-4-5-15(21-2)13(9-11)17(19)20/h4-5,8-9H,3,6-7,10H2,1-2H3/b12-8+. The Morgan fingerprint density at radius 1 is 1.48 bits per heavy atom. The van der Waals surface area contributed by atoms with E-state index in [1.165, 1.54) is 13.2 Å². The summed E-state index contributed by atoms with van der Waals surface area (Å²) in [6.45, 7) is 4.30. The predicted octanol–water partition coefficient (Wildman–Crippen LogP) is 2.28. The van der Waals surface area contributed by atoms with Crippen molar-refractivity contribution in [3.63, 3.8) is 0 Å². The van der Waals surface area contributed by atoms with Gasteiger partial charge in [0.2, 0.25) is 0 Å². The van der Waals surface area contributed by atoms with Crippen LogP contribution in [0.2, 0.25) is 0 Å². The Morgan fingerprint density at radius 3 is 2.86 bits per heavy atom. The smallest absolute Gasteiger partial charge is 0.311 e. The SMILES string of the molecule is CCN1CCC(=O)/C(=C/c2ccc(OC)c([N+](=O)[O-])c2)C1. The number of methoxy groups -OCH3 is 1. The van der Waals surface area contributed by atoms with Gasteiger partial charge in [0.15, 0.2) is 11.5 Å². The summed E-state index contributed by atoms with van der Waals surface area (Å²) in [5, 5.41) is 11.0. The van der Waals surface area contributed by atoms with Crippen molar-refractivity contribution in [3.8, 4) is 5.75 Å². The van der Waals surface area contributed by atoms with Gasteiger partial charge in [-0.25, -0.2) is 0 Å². The van der Waals surface area contributed by atoms with E-state index >= 15 is 0 Å². The maximum Gasteiger partial charge on any atom is 0.311 e. The number of rotatable bonds is 4. The third-order valence-electron chi connectivity index (χ3n) is 3.59. The van der Waals surface area contributed by atoms with Crippen molar-refractivity contribution in [1.29, 1.82) is 0 Å². The molecule has 6 nitrogen and oxygen atoms in total. The predicted molar refractivity (Wildman–Crippen MR) is 79.4 cm³/mol. The number of ketones is 1. The van der Waals surface area contributed by atoms with Crippen LogP contribution in [-0.4, -0.2) is 42.4 Å². The fraction of sp³-hybridized carbons (Fsp3) is 0.400. The molecule has 0 unspecified atom stereocenters. The molecule has 6 heteroatoms. The van der Waals surface area contributed by atoms with Gasteiger partial charge in [-0.2, -0.15) is 0 Å². The zero-order valence-corrected chi connectivity index (χ0v) is 12.2. The Kier molecular flexibility index (Phi) is 4.70. The molecule has 1 aliphatic rings. The number of piperidine rings is 1. The van der Waals surface area contributed by atoms with Crippen LogP contribution in [0.5, 0.6) is 5.75 Å². The van der Waals surface area contributed by atoms with Gasteiger partial charge in [-0.05, 0) is 24.3 Å². The second-order valence-corrected chi connectivity index (χ2v) is 4.90. The molecule has 0 amide bonds. The molecule has 0 radical (unpaired) electrons. The average Bonchev–Trinajstić information content (AvgIpc) is 2.49. The van der Waals surface area contributed by atoms with Crippen molar-refractivity contribution in [2.75, 3.05) is 26.7 Å². The molecule has 112 valence electrons. The highest BCUT2D eigenvalue weighted by molar-refractivity contribution is 6.00. The molecule has 1 fully saturated rings. The molecule has 0 atom stereocenters. The van der Waals surface area contributed by atoms with Crippen molar-refractivity contribution in [2.45, 2.75) is 13.3 Å². The minimum absolute atomic E-state index is 0.0949. The van der Waals surface area contributed by atoms with Gasteiger partial charge in [-0.1, -0.05) is 13.0 Å². The summed E-state index contributed by atoms with van der Waals surface area (Å²) in [5.41, 5.74) is 1.24. The topological polar surface area (TPSA) is 72.7 Å². The minimum atomic E-state index is -0.484. The number of likely N-dealkylation sites (tertiary alicyclic amines) is 1. The molecular formula is C15H18N2O4. The maximum atomic E-state index is 11.9.